The van der Waals surface area contributed by atoms with Gasteiger partial charge in [0.1, 0.15) is 5.82 Å². The van der Waals surface area contributed by atoms with Crippen LogP contribution in [-0.4, -0.2) is 59.3 Å². The first kappa shape index (κ1) is 17.2. The molecule has 2 aromatic rings. The summed E-state index contributed by atoms with van der Waals surface area (Å²) in [6.45, 7) is 2.42. The number of carbonyl (C=O) groups excluding carboxylic acids is 1. The van der Waals surface area contributed by atoms with Gasteiger partial charge < -0.3 is 20.1 Å². The fourth-order valence-electron chi connectivity index (χ4n) is 3.79. The molecule has 1 aromatic heterocycles. The molecule has 0 bridgehead atoms. The van der Waals surface area contributed by atoms with E-state index in [0.29, 0.717) is 37.9 Å². The number of fused-ring (bicyclic) bond motifs is 1. The summed E-state index contributed by atoms with van der Waals surface area (Å²) < 4.78 is 5.37. The van der Waals surface area contributed by atoms with Crippen molar-refractivity contribution in [3.63, 3.8) is 0 Å². The smallest absolute Gasteiger partial charge is 0.254 e. The third-order valence-corrected chi connectivity index (χ3v) is 5.29. The van der Waals surface area contributed by atoms with Crippen LogP contribution >= 0.6 is 0 Å². The van der Waals surface area contributed by atoms with Gasteiger partial charge in [0.05, 0.1) is 30.4 Å². The van der Waals surface area contributed by atoms with Crippen LogP contribution in [0.15, 0.2) is 30.3 Å². The van der Waals surface area contributed by atoms with Crippen LogP contribution in [0.5, 0.6) is 0 Å². The minimum atomic E-state index is -0.184. The summed E-state index contributed by atoms with van der Waals surface area (Å²) in [6.07, 6.45) is 3.27. The Morgan fingerprint density at radius 1 is 1.15 bits per heavy atom. The third-order valence-electron chi connectivity index (χ3n) is 5.29. The molecule has 1 saturated carbocycles. The van der Waals surface area contributed by atoms with E-state index in [0.717, 1.165) is 42.4 Å². The molecule has 1 saturated heterocycles. The first-order chi connectivity index (χ1) is 12.7. The molecule has 2 heterocycles. The highest BCUT2D eigenvalue weighted by molar-refractivity contribution is 6.07. The number of ether oxygens (including phenoxy) is 1. The second-order valence-electron chi connectivity index (χ2n) is 7.13. The number of para-hydroxylation sites is 1. The molecular weight excluding hydrogens is 330 g/mol. The molecule has 6 heteroatoms. The molecule has 2 N–H and O–H groups in total. The quantitative estimate of drug-likeness (QED) is 0.884. The van der Waals surface area contributed by atoms with E-state index in [-0.39, 0.29) is 12.0 Å². The van der Waals surface area contributed by atoms with Crippen LogP contribution in [0.25, 0.3) is 10.9 Å². The van der Waals surface area contributed by atoms with Crippen molar-refractivity contribution in [2.45, 2.75) is 37.8 Å². The van der Waals surface area contributed by atoms with Gasteiger partial charge in [-0.3, -0.25) is 4.79 Å². The second-order valence-corrected chi connectivity index (χ2v) is 7.13. The first-order valence-electron chi connectivity index (χ1n) is 9.42. The number of benzene rings is 1. The van der Waals surface area contributed by atoms with Gasteiger partial charge in [-0.15, -0.1) is 0 Å². The lowest BCUT2D eigenvalue weighted by Crippen LogP contribution is -2.40. The molecule has 1 aromatic carbocycles. The SMILES string of the molecule is O=C(c1cc(NC2CCC(O)CC2)nc2ccccc12)N1CCOCC1. The number of hydrogen-bond acceptors (Lipinski definition) is 5. The van der Waals surface area contributed by atoms with Crippen molar-refractivity contribution < 1.29 is 14.6 Å². The summed E-state index contributed by atoms with van der Waals surface area (Å²) in [7, 11) is 0. The fourth-order valence-corrected chi connectivity index (χ4v) is 3.79. The summed E-state index contributed by atoms with van der Waals surface area (Å²) in [6, 6.07) is 9.95. The fraction of sp³-hybridized carbons (Fsp3) is 0.500. The Bertz CT molecular complexity index is 781. The number of morpholine rings is 1. The number of aromatic nitrogens is 1. The van der Waals surface area contributed by atoms with Gasteiger partial charge in [0, 0.05) is 24.5 Å². The van der Waals surface area contributed by atoms with E-state index in [1.807, 2.05) is 35.2 Å². The molecular formula is C20H25N3O3. The number of aliphatic hydroxyl groups excluding tert-OH is 1. The molecule has 26 heavy (non-hydrogen) atoms. The number of anilines is 1. The number of pyridine rings is 1. The first-order valence-corrected chi connectivity index (χ1v) is 9.42. The van der Waals surface area contributed by atoms with E-state index >= 15 is 0 Å². The zero-order valence-corrected chi connectivity index (χ0v) is 14.9. The molecule has 0 atom stereocenters. The van der Waals surface area contributed by atoms with Crippen LogP contribution < -0.4 is 5.32 Å². The van der Waals surface area contributed by atoms with Gasteiger partial charge in [-0.2, -0.15) is 0 Å². The van der Waals surface area contributed by atoms with Crippen LogP contribution in [0.4, 0.5) is 5.82 Å². The van der Waals surface area contributed by atoms with Crippen molar-refractivity contribution in [3.8, 4) is 0 Å². The van der Waals surface area contributed by atoms with Crippen molar-refractivity contribution in [1.82, 2.24) is 9.88 Å². The standard InChI is InChI=1S/C20H25N3O3/c24-15-7-5-14(6-8-15)21-19-13-17(16-3-1-2-4-18(16)22-19)20(25)23-9-11-26-12-10-23/h1-4,13-15,24H,5-12H2,(H,21,22). The molecule has 1 aliphatic heterocycles. The number of hydrogen-bond donors (Lipinski definition) is 2. The van der Waals surface area contributed by atoms with E-state index < -0.39 is 0 Å². The third kappa shape index (κ3) is 3.66. The number of carbonyl (C=O) groups is 1. The highest BCUT2D eigenvalue weighted by Gasteiger charge is 2.23. The van der Waals surface area contributed by atoms with Gasteiger partial charge in [-0.25, -0.2) is 4.98 Å². The Labute approximate surface area is 153 Å². The second kappa shape index (κ2) is 7.60. The van der Waals surface area contributed by atoms with Crippen molar-refractivity contribution in [3.05, 3.63) is 35.9 Å². The van der Waals surface area contributed by atoms with Crippen molar-refractivity contribution in [2.24, 2.45) is 0 Å². The lowest BCUT2D eigenvalue weighted by molar-refractivity contribution is 0.0304. The molecule has 0 spiro atoms. The van der Waals surface area contributed by atoms with Crippen LogP contribution in [0.2, 0.25) is 0 Å². The normalized spacial score (nSPS) is 23.8. The lowest BCUT2D eigenvalue weighted by Gasteiger charge is -2.28. The molecule has 2 fully saturated rings. The number of amides is 1. The highest BCUT2D eigenvalue weighted by Crippen LogP contribution is 2.26. The molecule has 1 amide bonds. The molecule has 4 rings (SSSR count). The van der Waals surface area contributed by atoms with Crippen LogP contribution in [0.3, 0.4) is 0 Å². The highest BCUT2D eigenvalue weighted by atomic mass is 16.5. The van der Waals surface area contributed by atoms with Crippen LogP contribution in [-0.2, 0) is 4.74 Å². The zero-order chi connectivity index (χ0) is 17.9. The Morgan fingerprint density at radius 3 is 2.65 bits per heavy atom. The summed E-state index contributed by atoms with van der Waals surface area (Å²) >= 11 is 0. The molecule has 0 radical (unpaired) electrons. The van der Waals surface area contributed by atoms with E-state index in [2.05, 4.69) is 5.32 Å². The largest absolute Gasteiger partial charge is 0.393 e. The molecule has 6 nitrogen and oxygen atoms in total. The summed E-state index contributed by atoms with van der Waals surface area (Å²) in [5.74, 6) is 0.774. The Morgan fingerprint density at radius 2 is 1.88 bits per heavy atom. The summed E-state index contributed by atoms with van der Waals surface area (Å²) in [4.78, 5) is 19.6. The minimum Gasteiger partial charge on any atom is -0.393 e. The van der Waals surface area contributed by atoms with Gasteiger partial charge in [0.25, 0.3) is 5.91 Å². The summed E-state index contributed by atoms with van der Waals surface area (Å²) in [5.41, 5.74) is 1.51. The Balaban J connectivity index is 1.63. The summed E-state index contributed by atoms with van der Waals surface area (Å²) in [5, 5.41) is 14.0. The molecule has 2 aliphatic rings. The maximum absolute atomic E-state index is 13.1. The predicted octanol–water partition coefficient (Wildman–Crippen LogP) is 2.42. The minimum absolute atomic E-state index is 0.0361. The van der Waals surface area contributed by atoms with E-state index in [4.69, 9.17) is 9.72 Å². The zero-order valence-electron chi connectivity index (χ0n) is 14.9. The lowest BCUT2D eigenvalue weighted by atomic mass is 9.93. The van der Waals surface area contributed by atoms with Gasteiger partial charge in [0.2, 0.25) is 0 Å². The van der Waals surface area contributed by atoms with Gasteiger partial charge in [0.15, 0.2) is 0 Å². The number of nitrogens with one attached hydrogen (secondary N) is 1. The van der Waals surface area contributed by atoms with Gasteiger partial charge in [-0.1, -0.05) is 18.2 Å². The molecule has 1 aliphatic carbocycles. The number of nitrogens with zero attached hydrogens (tertiary/aromatic N) is 2. The topological polar surface area (TPSA) is 74.7 Å². The maximum atomic E-state index is 13.1. The average molecular weight is 355 g/mol. The van der Waals surface area contributed by atoms with Crippen molar-refractivity contribution in [2.75, 3.05) is 31.6 Å². The average Bonchev–Trinajstić information content (AvgIpc) is 2.69. The monoisotopic (exact) mass is 355 g/mol. The van der Waals surface area contributed by atoms with Crippen LogP contribution in [0, 0.1) is 0 Å². The molecule has 0 unspecified atom stereocenters. The Kier molecular flexibility index (Phi) is 5.04. The van der Waals surface area contributed by atoms with Gasteiger partial charge >= 0.3 is 0 Å². The number of rotatable bonds is 3. The molecule has 138 valence electrons. The van der Waals surface area contributed by atoms with E-state index in [1.165, 1.54) is 0 Å². The predicted molar refractivity (Wildman–Crippen MR) is 100 cm³/mol. The Hall–Kier alpha value is -2.18. The van der Waals surface area contributed by atoms with E-state index in [9.17, 15) is 9.90 Å². The number of aliphatic hydroxyl groups is 1. The van der Waals surface area contributed by atoms with E-state index in [1.54, 1.807) is 0 Å². The van der Waals surface area contributed by atoms with Crippen LogP contribution in [0.1, 0.15) is 36.0 Å². The van der Waals surface area contributed by atoms with Crippen molar-refractivity contribution in [1.29, 1.82) is 0 Å². The van der Waals surface area contributed by atoms with Crippen molar-refractivity contribution >= 4 is 22.6 Å². The maximum Gasteiger partial charge on any atom is 0.254 e. The van der Waals surface area contributed by atoms with Gasteiger partial charge in [-0.05, 0) is 37.8 Å².